The van der Waals surface area contributed by atoms with E-state index in [1.54, 1.807) is 31.3 Å². The Kier molecular flexibility index (Phi) is 6.63. The molecule has 0 aliphatic carbocycles. The summed E-state index contributed by atoms with van der Waals surface area (Å²) in [4.78, 5) is 24.6. The predicted molar refractivity (Wildman–Crippen MR) is 111 cm³/mol. The van der Waals surface area contributed by atoms with Gasteiger partial charge in [0.15, 0.2) is 0 Å². The summed E-state index contributed by atoms with van der Waals surface area (Å²) in [6, 6.07) is 14.6. The van der Waals surface area contributed by atoms with Crippen LogP contribution >= 0.6 is 0 Å². The van der Waals surface area contributed by atoms with Crippen LogP contribution < -0.4 is 15.5 Å². The van der Waals surface area contributed by atoms with Crippen LogP contribution in [0.2, 0.25) is 0 Å². The lowest BCUT2D eigenvalue weighted by Gasteiger charge is -2.08. The highest BCUT2D eigenvalue weighted by atomic mass is 16.5. The molecule has 7 nitrogen and oxygen atoms in total. The Morgan fingerprint density at radius 1 is 1.10 bits per heavy atom. The summed E-state index contributed by atoms with van der Waals surface area (Å²) in [5, 5.41) is 9.64. The fourth-order valence-corrected chi connectivity index (χ4v) is 2.94. The van der Waals surface area contributed by atoms with E-state index in [-0.39, 0.29) is 5.43 Å². The Bertz CT molecular complexity index is 1050. The first-order valence-electron chi connectivity index (χ1n) is 9.43. The fourth-order valence-electron chi connectivity index (χ4n) is 2.94. The summed E-state index contributed by atoms with van der Waals surface area (Å²) in [6.45, 7) is 4.50. The molecule has 1 aromatic heterocycles. The summed E-state index contributed by atoms with van der Waals surface area (Å²) in [6.07, 6.45) is 1.40. The maximum absolute atomic E-state index is 13.0. The van der Waals surface area contributed by atoms with Crippen molar-refractivity contribution in [3.8, 4) is 16.9 Å². The molecule has 29 heavy (non-hydrogen) atoms. The number of carbonyl (C=O) groups excluding carboxylic acids is 1. The van der Waals surface area contributed by atoms with Crippen molar-refractivity contribution in [1.29, 1.82) is 0 Å². The quantitative estimate of drug-likeness (QED) is 0.633. The number of ether oxygens (including phenoxy) is 2. The van der Waals surface area contributed by atoms with E-state index in [1.165, 1.54) is 0 Å². The molecule has 0 radical (unpaired) electrons. The molecule has 3 aromatic rings. The van der Waals surface area contributed by atoms with Crippen molar-refractivity contribution >= 4 is 11.8 Å². The number of anilines is 1. The number of aromatic amines is 1. The summed E-state index contributed by atoms with van der Waals surface area (Å²) >= 11 is 0. The minimum Gasteiger partial charge on any atom is -0.494 e. The Balaban J connectivity index is 1.84. The van der Waals surface area contributed by atoms with Crippen LogP contribution in [0.15, 0.2) is 59.5 Å². The minimum atomic E-state index is -0.517. The van der Waals surface area contributed by atoms with E-state index < -0.39 is 6.09 Å². The van der Waals surface area contributed by atoms with Gasteiger partial charge in [-0.1, -0.05) is 24.3 Å². The molecule has 3 rings (SSSR count). The van der Waals surface area contributed by atoms with E-state index >= 15 is 0 Å². The van der Waals surface area contributed by atoms with Crippen LogP contribution in [-0.4, -0.2) is 29.5 Å². The maximum Gasteiger partial charge on any atom is 0.411 e. The van der Waals surface area contributed by atoms with Crippen LogP contribution in [0.3, 0.4) is 0 Å². The SMILES string of the molecule is CCOC(=O)Nc1cccc(Cc2n[nH]cc(-c3cccc(OCC)c3)c2=O)c1. The molecule has 2 aromatic carbocycles. The van der Waals surface area contributed by atoms with Crippen molar-refractivity contribution in [3.05, 3.63) is 76.2 Å². The van der Waals surface area contributed by atoms with Crippen molar-refractivity contribution in [2.75, 3.05) is 18.5 Å². The van der Waals surface area contributed by atoms with Gasteiger partial charge in [-0.2, -0.15) is 5.10 Å². The zero-order valence-electron chi connectivity index (χ0n) is 16.4. The summed E-state index contributed by atoms with van der Waals surface area (Å²) in [7, 11) is 0. The first-order chi connectivity index (χ1) is 14.1. The standard InChI is InChI=1S/C22H23N3O4/c1-3-28-18-10-6-8-16(13-18)19-14-23-25-20(21(19)26)12-15-7-5-9-17(11-15)24-22(27)29-4-2/h5-11,13-14H,3-4,12H2,1-2H3,(H,23,26)(H,24,27). The van der Waals surface area contributed by atoms with Gasteiger partial charge in [0, 0.05) is 23.9 Å². The predicted octanol–water partition coefficient (Wildman–Crippen LogP) is 3.99. The number of nitrogens with one attached hydrogen (secondary N) is 2. The molecule has 0 fully saturated rings. The number of hydrogen-bond acceptors (Lipinski definition) is 5. The van der Waals surface area contributed by atoms with Gasteiger partial charge in [0.05, 0.1) is 13.2 Å². The second kappa shape index (κ2) is 9.54. The van der Waals surface area contributed by atoms with E-state index in [1.807, 2.05) is 37.3 Å². The number of carbonyl (C=O) groups is 1. The van der Waals surface area contributed by atoms with Gasteiger partial charge in [-0.25, -0.2) is 4.79 Å². The summed E-state index contributed by atoms with van der Waals surface area (Å²) < 4.78 is 10.4. The smallest absolute Gasteiger partial charge is 0.411 e. The fraction of sp³-hybridized carbons (Fsp3) is 0.227. The second-order valence-corrected chi connectivity index (χ2v) is 6.26. The molecule has 2 N–H and O–H groups in total. The van der Waals surface area contributed by atoms with E-state index in [9.17, 15) is 9.59 Å². The zero-order valence-corrected chi connectivity index (χ0v) is 16.4. The van der Waals surface area contributed by atoms with E-state index in [0.29, 0.717) is 42.3 Å². The molecular weight excluding hydrogens is 370 g/mol. The van der Waals surface area contributed by atoms with Crippen LogP contribution in [0, 0.1) is 0 Å². The number of H-pyrrole nitrogens is 1. The molecule has 0 aliphatic rings. The lowest BCUT2D eigenvalue weighted by atomic mass is 10.0. The maximum atomic E-state index is 13.0. The zero-order chi connectivity index (χ0) is 20.6. The van der Waals surface area contributed by atoms with Crippen molar-refractivity contribution in [2.24, 2.45) is 0 Å². The number of rotatable bonds is 7. The lowest BCUT2D eigenvalue weighted by molar-refractivity contribution is 0.168. The monoisotopic (exact) mass is 393 g/mol. The highest BCUT2D eigenvalue weighted by molar-refractivity contribution is 5.84. The molecule has 0 saturated carbocycles. The van der Waals surface area contributed by atoms with Crippen molar-refractivity contribution in [1.82, 2.24) is 10.2 Å². The highest BCUT2D eigenvalue weighted by Crippen LogP contribution is 2.21. The molecule has 0 bridgehead atoms. The van der Waals surface area contributed by atoms with Gasteiger partial charge in [0.2, 0.25) is 5.43 Å². The third kappa shape index (κ3) is 5.22. The molecule has 0 atom stereocenters. The van der Waals surface area contributed by atoms with Gasteiger partial charge in [-0.3, -0.25) is 15.2 Å². The lowest BCUT2D eigenvalue weighted by Crippen LogP contribution is -2.16. The first-order valence-corrected chi connectivity index (χ1v) is 9.43. The van der Waals surface area contributed by atoms with Crippen molar-refractivity contribution < 1.29 is 14.3 Å². The summed E-state index contributed by atoms with van der Waals surface area (Å²) in [5.74, 6) is 0.709. The average molecular weight is 393 g/mol. The molecule has 0 aliphatic heterocycles. The van der Waals surface area contributed by atoms with Crippen molar-refractivity contribution in [3.63, 3.8) is 0 Å². The molecule has 7 heteroatoms. The van der Waals surface area contributed by atoms with E-state index in [4.69, 9.17) is 9.47 Å². The Morgan fingerprint density at radius 2 is 1.93 bits per heavy atom. The number of benzene rings is 2. The number of amides is 1. The molecule has 1 heterocycles. The van der Waals surface area contributed by atoms with Crippen LogP contribution in [0.5, 0.6) is 5.75 Å². The number of nitrogens with zero attached hydrogens (tertiary/aromatic N) is 1. The molecule has 0 spiro atoms. The molecule has 1 amide bonds. The highest BCUT2D eigenvalue weighted by Gasteiger charge is 2.11. The summed E-state index contributed by atoms with van der Waals surface area (Å²) in [5.41, 5.74) is 2.96. The largest absolute Gasteiger partial charge is 0.494 e. The Morgan fingerprint density at radius 3 is 2.72 bits per heavy atom. The van der Waals surface area contributed by atoms with E-state index in [2.05, 4.69) is 15.5 Å². The Hall–Kier alpha value is -3.61. The van der Waals surface area contributed by atoms with Gasteiger partial charge in [0.1, 0.15) is 11.4 Å². The topological polar surface area (TPSA) is 93.3 Å². The van der Waals surface area contributed by atoms with Crippen LogP contribution in [0.1, 0.15) is 25.1 Å². The van der Waals surface area contributed by atoms with Gasteiger partial charge in [-0.05, 0) is 49.2 Å². The van der Waals surface area contributed by atoms with Gasteiger partial charge < -0.3 is 9.47 Å². The Labute approximate surface area is 168 Å². The number of hydrogen-bond donors (Lipinski definition) is 2. The second-order valence-electron chi connectivity index (χ2n) is 6.26. The first kappa shape index (κ1) is 20.1. The average Bonchev–Trinajstić information content (AvgIpc) is 2.70. The van der Waals surface area contributed by atoms with Crippen LogP contribution in [0.4, 0.5) is 10.5 Å². The van der Waals surface area contributed by atoms with Crippen molar-refractivity contribution in [2.45, 2.75) is 20.3 Å². The van der Waals surface area contributed by atoms with E-state index in [0.717, 1.165) is 11.1 Å². The minimum absolute atomic E-state index is 0.152. The molecule has 0 unspecified atom stereocenters. The normalized spacial score (nSPS) is 10.4. The molecule has 0 saturated heterocycles. The van der Waals surface area contributed by atoms with Gasteiger partial charge >= 0.3 is 6.09 Å². The van der Waals surface area contributed by atoms with Gasteiger partial charge in [0.25, 0.3) is 0 Å². The van der Waals surface area contributed by atoms with Crippen LogP contribution in [-0.2, 0) is 11.2 Å². The third-order valence-corrected chi connectivity index (χ3v) is 4.19. The van der Waals surface area contributed by atoms with Crippen LogP contribution in [0.25, 0.3) is 11.1 Å². The molecule has 150 valence electrons. The van der Waals surface area contributed by atoms with Gasteiger partial charge in [-0.15, -0.1) is 0 Å². The third-order valence-electron chi connectivity index (χ3n) is 4.19. The molecular formula is C22H23N3O4. The number of aromatic nitrogens is 2.